The number of carbonyl (C=O) groups is 2. The van der Waals surface area contributed by atoms with Crippen LogP contribution in [-0.4, -0.2) is 47.4 Å². The van der Waals surface area contributed by atoms with Crippen LogP contribution in [0.5, 0.6) is 0 Å². The first-order valence-corrected chi connectivity index (χ1v) is 42.5. The Balaban J connectivity index is 3.32. The molecule has 2 unspecified atom stereocenters. The highest BCUT2D eigenvalue weighted by atomic mass is 16.5. The minimum Gasteiger partial charge on any atom is -0.466 e. The average Bonchev–Trinajstić information content (AvgIpc) is 3.67. The first kappa shape index (κ1) is 89.6. The van der Waals surface area contributed by atoms with E-state index >= 15 is 0 Å². The lowest BCUT2D eigenvalue weighted by Gasteiger charge is -2.20. The molecule has 0 aromatic heterocycles. The van der Waals surface area contributed by atoms with Gasteiger partial charge in [-0.2, -0.15) is 0 Å². The third-order valence-corrected chi connectivity index (χ3v) is 20.3. The van der Waals surface area contributed by atoms with Gasteiger partial charge in [-0.3, -0.25) is 9.59 Å². The molecule has 0 fully saturated rings. The molecule has 6 nitrogen and oxygen atoms in total. The van der Waals surface area contributed by atoms with E-state index in [-0.39, 0.29) is 18.5 Å². The number of aliphatic hydroxyl groups is 2. The SMILES string of the molecule is CCCCCCCCCCCCCCCCCCCCCCC/C=C/C(O)C(CO)NC(=O)CCCCCCCCCCCCCCCCCCCCCCCCCCCCCCCCCCCCCOC(=O)CCCCCCCCCCCCCCCCCC. The van der Waals surface area contributed by atoms with Gasteiger partial charge in [0.1, 0.15) is 0 Å². The lowest BCUT2D eigenvalue weighted by atomic mass is 10.0. The summed E-state index contributed by atoms with van der Waals surface area (Å²) in [6.07, 6.45) is 104. The van der Waals surface area contributed by atoms with Crippen LogP contribution in [-0.2, 0) is 14.3 Å². The third kappa shape index (κ3) is 77.5. The molecule has 0 bridgehead atoms. The molecule has 0 aliphatic rings. The number of aliphatic hydroxyl groups excluding tert-OH is 2. The smallest absolute Gasteiger partial charge is 0.305 e. The number of unbranched alkanes of at least 4 members (excludes halogenated alkanes) is 70. The molecule has 0 spiro atoms. The van der Waals surface area contributed by atoms with Crippen molar-refractivity contribution >= 4 is 11.9 Å². The van der Waals surface area contributed by atoms with Crippen LogP contribution in [0.2, 0.25) is 0 Å². The van der Waals surface area contributed by atoms with Gasteiger partial charge in [-0.05, 0) is 32.1 Å². The van der Waals surface area contributed by atoms with Gasteiger partial charge < -0.3 is 20.3 Å². The van der Waals surface area contributed by atoms with Gasteiger partial charge in [0, 0.05) is 12.8 Å². The Morgan fingerprint density at radius 1 is 0.297 bits per heavy atom. The molecule has 0 saturated carbocycles. The topological polar surface area (TPSA) is 95.9 Å². The number of ether oxygens (including phenoxy) is 1. The highest BCUT2D eigenvalue weighted by molar-refractivity contribution is 5.76. The van der Waals surface area contributed by atoms with Crippen molar-refractivity contribution in [1.82, 2.24) is 5.32 Å². The van der Waals surface area contributed by atoms with Crippen molar-refractivity contribution in [3.05, 3.63) is 12.2 Å². The van der Waals surface area contributed by atoms with Crippen molar-refractivity contribution in [3.8, 4) is 0 Å². The first-order chi connectivity index (χ1) is 45.0. The summed E-state index contributed by atoms with van der Waals surface area (Å²) in [6, 6.07) is -0.625. The van der Waals surface area contributed by atoms with Gasteiger partial charge in [-0.1, -0.05) is 463 Å². The van der Waals surface area contributed by atoms with Gasteiger partial charge in [0.2, 0.25) is 5.91 Å². The van der Waals surface area contributed by atoms with Crippen LogP contribution in [0.3, 0.4) is 0 Å². The lowest BCUT2D eigenvalue weighted by molar-refractivity contribution is -0.143. The van der Waals surface area contributed by atoms with Crippen LogP contribution in [0.15, 0.2) is 12.2 Å². The van der Waals surface area contributed by atoms with E-state index in [0.29, 0.717) is 19.4 Å². The third-order valence-electron chi connectivity index (χ3n) is 20.3. The lowest BCUT2D eigenvalue weighted by Crippen LogP contribution is -2.45. The Bertz CT molecular complexity index is 1380. The summed E-state index contributed by atoms with van der Waals surface area (Å²) in [7, 11) is 0. The molecular weight excluding hydrogens is 1110 g/mol. The summed E-state index contributed by atoms with van der Waals surface area (Å²) in [6.45, 7) is 4.97. The second-order valence-corrected chi connectivity index (χ2v) is 29.5. The number of carbonyl (C=O) groups excluding carboxylic acids is 2. The van der Waals surface area contributed by atoms with Gasteiger partial charge in [-0.15, -0.1) is 0 Å². The summed E-state index contributed by atoms with van der Waals surface area (Å²) in [5, 5.41) is 23.3. The molecule has 91 heavy (non-hydrogen) atoms. The molecule has 0 saturated heterocycles. The van der Waals surface area contributed by atoms with Crippen molar-refractivity contribution in [1.29, 1.82) is 0 Å². The minimum absolute atomic E-state index is 0.0273. The predicted molar refractivity (Wildman–Crippen MR) is 403 cm³/mol. The van der Waals surface area contributed by atoms with Gasteiger partial charge >= 0.3 is 5.97 Å². The van der Waals surface area contributed by atoms with E-state index < -0.39 is 12.1 Å². The summed E-state index contributed by atoms with van der Waals surface area (Å²) in [5.41, 5.74) is 0. The van der Waals surface area contributed by atoms with Crippen molar-refractivity contribution < 1.29 is 24.5 Å². The van der Waals surface area contributed by atoms with Gasteiger partial charge in [0.15, 0.2) is 0 Å². The van der Waals surface area contributed by atoms with Gasteiger partial charge in [0.05, 0.1) is 25.4 Å². The van der Waals surface area contributed by atoms with Gasteiger partial charge in [0.25, 0.3) is 0 Å². The second kappa shape index (κ2) is 81.0. The molecule has 542 valence electrons. The van der Waals surface area contributed by atoms with Crippen LogP contribution in [0.25, 0.3) is 0 Å². The Morgan fingerprint density at radius 3 is 0.747 bits per heavy atom. The quantitative estimate of drug-likeness (QED) is 0.0320. The maximum Gasteiger partial charge on any atom is 0.305 e. The van der Waals surface area contributed by atoms with Crippen LogP contribution in [0.4, 0.5) is 0 Å². The highest BCUT2D eigenvalue weighted by Gasteiger charge is 2.18. The molecule has 0 radical (unpaired) electrons. The zero-order valence-corrected chi connectivity index (χ0v) is 62.4. The molecule has 0 aromatic carbocycles. The van der Waals surface area contributed by atoms with E-state index in [4.69, 9.17) is 4.74 Å². The fourth-order valence-electron chi connectivity index (χ4n) is 13.9. The monoisotopic (exact) mass is 1280 g/mol. The van der Waals surface area contributed by atoms with E-state index in [1.165, 1.54) is 430 Å². The fourth-order valence-corrected chi connectivity index (χ4v) is 13.9. The van der Waals surface area contributed by atoms with Crippen LogP contribution in [0, 0.1) is 0 Å². The maximum atomic E-state index is 12.6. The molecule has 6 heteroatoms. The maximum absolute atomic E-state index is 12.6. The Kier molecular flexibility index (Phi) is 79.8. The van der Waals surface area contributed by atoms with E-state index in [2.05, 4.69) is 19.2 Å². The number of esters is 1. The van der Waals surface area contributed by atoms with E-state index in [9.17, 15) is 19.8 Å². The molecule has 0 aliphatic heterocycles. The van der Waals surface area contributed by atoms with Crippen molar-refractivity contribution in [2.45, 2.75) is 508 Å². The molecule has 0 aromatic rings. The number of amides is 1. The van der Waals surface area contributed by atoms with Crippen LogP contribution >= 0.6 is 0 Å². The standard InChI is InChI=1S/C85H167NO5/c1-3-5-7-9-11-13-15-17-19-21-22-23-37-40-43-46-49-53-57-61-65-69-73-77-83(88)82(81-87)86-84(89)78-74-70-66-62-58-54-50-47-44-41-38-35-33-31-29-27-25-24-26-28-30-32-34-36-39-42-45-48-52-56-60-64-68-72-76-80-91-85(90)79-75-71-67-63-59-55-51-20-18-16-14-12-10-8-6-4-2/h73,77,82-83,87-88H,3-72,74-76,78-81H2,1-2H3,(H,86,89)/b77-73+. The molecule has 0 rings (SSSR count). The van der Waals surface area contributed by atoms with Gasteiger partial charge in [-0.25, -0.2) is 0 Å². The normalized spacial score (nSPS) is 12.4. The largest absolute Gasteiger partial charge is 0.466 e. The Hall–Kier alpha value is -1.40. The summed E-state index contributed by atoms with van der Waals surface area (Å²) >= 11 is 0. The second-order valence-electron chi connectivity index (χ2n) is 29.5. The molecule has 0 heterocycles. The number of nitrogens with one attached hydrogen (secondary N) is 1. The highest BCUT2D eigenvalue weighted by Crippen LogP contribution is 2.21. The number of hydrogen-bond donors (Lipinski definition) is 3. The molecule has 3 N–H and O–H groups in total. The average molecular weight is 1280 g/mol. The molecule has 0 aliphatic carbocycles. The first-order valence-electron chi connectivity index (χ1n) is 42.5. The number of rotatable bonds is 81. The number of hydrogen-bond acceptors (Lipinski definition) is 5. The van der Waals surface area contributed by atoms with Crippen molar-refractivity contribution in [2.75, 3.05) is 13.2 Å². The van der Waals surface area contributed by atoms with E-state index in [0.717, 1.165) is 38.5 Å². The minimum atomic E-state index is -0.842. The molecule has 2 atom stereocenters. The Morgan fingerprint density at radius 2 is 0.505 bits per heavy atom. The van der Waals surface area contributed by atoms with E-state index in [1.807, 2.05) is 6.08 Å². The summed E-state index contributed by atoms with van der Waals surface area (Å²) in [4.78, 5) is 24.7. The van der Waals surface area contributed by atoms with Crippen LogP contribution < -0.4 is 5.32 Å². The Labute approximate surface area is 571 Å². The molecule has 1 amide bonds. The zero-order chi connectivity index (χ0) is 65.6. The fraction of sp³-hybridized carbons (Fsp3) is 0.953. The zero-order valence-electron chi connectivity index (χ0n) is 62.4. The number of allylic oxidation sites excluding steroid dienone is 1. The van der Waals surface area contributed by atoms with Crippen molar-refractivity contribution in [3.63, 3.8) is 0 Å². The van der Waals surface area contributed by atoms with Crippen LogP contribution in [0.1, 0.15) is 495 Å². The molecular formula is C85H167NO5. The summed E-state index contributed by atoms with van der Waals surface area (Å²) < 4.78 is 5.52. The summed E-state index contributed by atoms with van der Waals surface area (Å²) in [5.74, 6) is -0.0295. The predicted octanol–water partition coefficient (Wildman–Crippen LogP) is 28.2. The van der Waals surface area contributed by atoms with E-state index in [1.54, 1.807) is 6.08 Å². The van der Waals surface area contributed by atoms with Crippen molar-refractivity contribution in [2.24, 2.45) is 0 Å².